The summed E-state index contributed by atoms with van der Waals surface area (Å²) in [6.45, 7) is 0. The Morgan fingerprint density at radius 3 is 3.06 bits per heavy atom. The first kappa shape index (κ1) is 10.9. The Hall–Kier alpha value is -1.56. The van der Waals surface area contributed by atoms with Gasteiger partial charge in [-0.3, -0.25) is 0 Å². The van der Waals surface area contributed by atoms with Gasteiger partial charge in [0, 0.05) is 6.07 Å². The molecule has 0 aliphatic heterocycles. The molecule has 1 heterocycles. The van der Waals surface area contributed by atoms with Crippen molar-refractivity contribution in [2.45, 2.75) is 5.33 Å². The number of carbonyl (C=O) groups is 1. The predicted octanol–water partition coefficient (Wildman–Crippen LogP) is 2.87. The maximum atomic E-state index is 10.9. The summed E-state index contributed by atoms with van der Waals surface area (Å²) in [6.07, 6.45) is -0.761. The molecule has 2 rings (SSSR count). The van der Waals surface area contributed by atoms with E-state index >= 15 is 0 Å². The zero-order valence-electron chi connectivity index (χ0n) is 8.40. The summed E-state index contributed by atoms with van der Waals surface area (Å²) in [4.78, 5) is 15.1. The molecule has 0 aliphatic carbocycles. The maximum absolute atomic E-state index is 10.9. The normalized spacial score (nSPS) is 10.4. The fraction of sp³-hybridized carbons (Fsp3) is 0.200. The van der Waals surface area contributed by atoms with E-state index < -0.39 is 6.16 Å². The Balaban J connectivity index is 2.32. The van der Waals surface area contributed by atoms with Gasteiger partial charge < -0.3 is 13.9 Å². The Kier molecular flexibility index (Phi) is 3.09. The van der Waals surface area contributed by atoms with Gasteiger partial charge in [0.05, 0.1) is 12.4 Å². The number of fused-ring (bicyclic) bond motifs is 1. The van der Waals surface area contributed by atoms with Gasteiger partial charge in [0.1, 0.15) is 11.3 Å². The lowest BCUT2D eigenvalue weighted by Gasteiger charge is -2.00. The van der Waals surface area contributed by atoms with Crippen LogP contribution in [0.5, 0.6) is 5.75 Å². The number of alkyl halides is 1. The number of halogens is 1. The summed E-state index contributed by atoms with van der Waals surface area (Å²) in [5.74, 6) is 0.944. The first-order valence-corrected chi connectivity index (χ1v) is 5.56. The highest BCUT2D eigenvalue weighted by molar-refractivity contribution is 9.08. The second-order valence-electron chi connectivity index (χ2n) is 2.93. The van der Waals surface area contributed by atoms with Gasteiger partial charge in [0.15, 0.2) is 5.58 Å². The van der Waals surface area contributed by atoms with Crippen LogP contribution >= 0.6 is 15.9 Å². The first-order valence-electron chi connectivity index (χ1n) is 4.44. The number of oxazole rings is 1. The van der Waals surface area contributed by atoms with E-state index in [9.17, 15) is 4.79 Å². The molecule has 84 valence electrons. The zero-order valence-corrected chi connectivity index (χ0v) is 9.98. The summed E-state index contributed by atoms with van der Waals surface area (Å²) in [7, 11) is 1.25. The molecule has 0 saturated heterocycles. The second kappa shape index (κ2) is 4.52. The summed E-state index contributed by atoms with van der Waals surface area (Å²) in [5.41, 5.74) is 1.28. The van der Waals surface area contributed by atoms with Crippen molar-refractivity contribution in [3.63, 3.8) is 0 Å². The van der Waals surface area contributed by atoms with E-state index in [2.05, 4.69) is 25.7 Å². The van der Waals surface area contributed by atoms with Crippen LogP contribution in [0.2, 0.25) is 0 Å². The molecule has 0 atom stereocenters. The van der Waals surface area contributed by atoms with Crippen molar-refractivity contribution < 1.29 is 18.7 Å². The van der Waals surface area contributed by atoms with Crippen LogP contribution in [0.1, 0.15) is 5.89 Å². The molecule has 0 radical (unpaired) electrons. The fourth-order valence-electron chi connectivity index (χ4n) is 1.21. The molecule has 1 aromatic carbocycles. The van der Waals surface area contributed by atoms with E-state index in [1.54, 1.807) is 18.2 Å². The summed E-state index contributed by atoms with van der Waals surface area (Å²) in [5, 5.41) is 0.537. The Morgan fingerprint density at radius 1 is 1.56 bits per heavy atom. The van der Waals surface area contributed by atoms with Gasteiger partial charge in [-0.05, 0) is 12.1 Å². The van der Waals surface area contributed by atoms with Crippen molar-refractivity contribution in [2.24, 2.45) is 0 Å². The van der Waals surface area contributed by atoms with Crippen LogP contribution in [0.15, 0.2) is 22.6 Å². The molecule has 0 amide bonds. The molecule has 5 nitrogen and oxygen atoms in total. The molecule has 0 saturated carbocycles. The third-order valence-electron chi connectivity index (χ3n) is 1.89. The number of nitrogens with zero attached hydrogens (tertiary/aromatic N) is 1. The van der Waals surface area contributed by atoms with Crippen molar-refractivity contribution in [1.29, 1.82) is 0 Å². The van der Waals surface area contributed by atoms with Gasteiger partial charge in [0.25, 0.3) is 0 Å². The van der Waals surface area contributed by atoms with Crippen molar-refractivity contribution in [1.82, 2.24) is 4.98 Å². The van der Waals surface area contributed by atoms with Gasteiger partial charge in [-0.15, -0.1) is 0 Å². The standard InChI is InChI=1S/C10H8BrNO4/c1-14-10(13)15-6-2-3-8-7(4-6)12-9(5-11)16-8/h2-4H,5H2,1H3. The molecule has 16 heavy (non-hydrogen) atoms. The highest BCUT2D eigenvalue weighted by atomic mass is 79.9. The highest BCUT2D eigenvalue weighted by Crippen LogP contribution is 2.22. The number of ether oxygens (including phenoxy) is 2. The molecule has 0 unspecified atom stereocenters. The number of methoxy groups -OCH3 is 1. The van der Waals surface area contributed by atoms with Gasteiger partial charge >= 0.3 is 6.16 Å². The van der Waals surface area contributed by atoms with Crippen molar-refractivity contribution in [3.05, 3.63) is 24.1 Å². The molecular formula is C10H8BrNO4. The lowest BCUT2D eigenvalue weighted by atomic mass is 10.3. The molecule has 0 fully saturated rings. The maximum Gasteiger partial charge on any atom is 0.513 e. The molecule has 0 N–H and O–H groups in total. The third-order valence-corrected chi connectivity index (χ3v) is 2.37. The van der Waals surface area contributed by atoms with Gasteiger partial charge in [0.2, 0.25) is 5.89 Å². The largest absolute Gasteiger partial charge is 0.513 e. The summed E-state index contributed by atoms with van der Waals surface area (Å²) < 4.78 is 14.6. The van der Waals surface area contributed by atoms with Crippen molar-refractivity contribution in [3.8, 4) is 5.75 Å². The number of rotatable bonds is 2. The first-order chi connectivity index (χ1) is 7.72. The minimum Gasteiger partial charge on any atom is -0.440 e. The molecule has 0 spiro atoms. The van der Waals surface area contributed by atoms with Crippen LogP contribution in [-0.2, 0) is 10.1 Å². The number of carbonyl (C=O) groups excluding carboxylic acids is 1. The Labute approximate surface area is 99.5 Å². The average molecular weight is 286 g/mol. The molecular weight excluding hydrogens is 278 g/mol. The molecule has 6 heteroatoms. The number of benzene rings is 1. The molecule has 2 aromatic rings. The summed E-state index contributed by atoms with van der Waals surface area (Å²) in [6, 6.07) is 4.91. The van der Waals surface area contributed by atoms with Crippen LogP contribution in [0.4, 0.5) is 4.79 Å². The lowest BCUT2D eigenvalue weighted by Crippen LogP contribution is -2.06. The Bertz CT molecular complexity index is 523. The topological polar surface area (TPSA) is 61.6 Å². The second-order valence-corrected chi connectivity index (χ2v) is 3.49. The highest BCUT2D eigenvalue weighted by Gasteiger charge is 2.08. The van der Waals surface area contributed by atoms with Crippen LogP contribution in [-0.4, -0.2) is 18.2 Å². The Morgan fingerprint density at radius 2 is 2.38 bits per heavy atom. The van der Waals surface area contributed by atoms with E-state index in [0.717, 1.165) is 0 Å². The van der Waals surface area contributed by atoms with Crippen LogP contribution < -0.4 is 4.74 Å². The minimum absolute atomic E-state index is 0.369. The number of hydrogen-bond donors (Lipinski definition) is 0. The molecule has 1 aromatic heterocycles. The lowest BCUT2D eigenvalue weighted by molar-refractivity contribution is 0.121. The SMILES string of the molecule is COC(=O)Oc1ccc2oc(CBr)nc2c1. The zero-order chi connectivity index (χ0) is 11.5. The predicted molar refractivity (Wildman–Crippen MR) is 59.7 cm³/mol. The van der Waals surface area contributed by atoms with Crippen molar-refractivity contribution in [2.75, 3.05) is 7.11 Å². The average Bonchev–Trinajstić information content (AvgIpc) is 2.71. The van der Waals surface area contributed by atoms with Gasteiger partial charge in [-0.25, -0.2) is 9.78 Å². The fourth-order valence-corrected chi connectivity index (χ4v) is 1.45. The van der Waals surface area contributed by atoms with Crippen molar-refractivity contribution >= 4 is 33.2 Å². The number of aromatic nitrogens is 1. The monoisotopic (exact) mass is 285 g/mol. The number of hydrogen-bond acceptors (Lipinski definition) is 5. The van der Waals surface area contributed by atoms with Crippen LogP contribution in [0.25, 0.3) is 11.1 Å². The quantitative estimate of drug-likeness (QED) is 0.482. The van der Waals surface area contributed by atoms with Gasteiger partial charge in [-0.2, -0.15) is 0 Å². The van der Waals surface area contributed by atoms with Crippen LogP contribution in [0, 0.1) is 0 Å². The van der Waals surface area contributed by atoms with Crippen LogP contribution in [0.3, 0.4) is 0 Å². The third kappa shape index (κ3) is 2.16. The van der Waals surface area contributed by atoms with E-state index in [4.69, 9.17) is 9.15 Å². The molecule has 0 aliphatic rings. The van der Waals surface area contributed by atoms with Gasteiger partial charge in [-0.1, -0.05) is 15.9 Å². The minimum atomic E-state index is -0.761. The molecule has 0 bridgehead atoms. The van der Waals surface area contributed by atoms with E-state index in [1.807, 2.05) is 0 Å². The van der Waals surface area contributed by atoms with E-state index in [0.29, 0.717) is 28.1 Å². The van der Waals surface area contributed by atoms with E-state index in [1.165, 1.54) is 7.11 Å². The summed E-state index contributed by atoms with van der Waals surface area (Å²) >= 11 is 3.24. The smallest absolute Gasteiger partial charge is 0.440 e. The van der Waals surface area contributed by atoms with E-state index in [-0.39, 0.29) is 0 Å².